The highest BCUT2D eigenvalue weighted by Gasteiger charge is 2.32. The molecule has 3 N–H and O–H groups in total. The molecule has 9 nitrogen and oxygen atoms in total. The second-order valence-electron chi connectivity index (χ2n) is 6.07. The van der Waals surface area contributed by atoms with Crippen LogP contribution < -0.4 is 16.6 Å². The molecular formula is C19H12N4O5S. The number of benzene rings is 2. The number of nitrogen functional groups attached to an aromatic ring is 1. The van der Waals surface area contributed by atoms with Gasteiger partial charge in [0.2, 0.25) is 0 Å². The molecule has 29 heavy (non-hydrogen) atoms. The Kier molecular flexibility index (Phi) is 4.40. The number of fused-ring (bicyclic) bond motifs is 1. The summed E-state index contributed by atoms with van der Waals surface area (Å²) in [6.07, 6.45) is 0. The molecule has 0 aliphatic carbocycles. The third-order valence-corrected chi connectivity index (χ3v) is 5.47. The van der Waals surface area contributed by atoms with Crippen molar-refractivity contribution in [2.45, 2.75) is 9.79 Å². The fourth-order valence-corrected chi connectivity index (χ4v) is 4.11. The largest absolute Gasteiger partial charge is 0.384 e. The Labute approximate surface area is 167 Å². The summed E-state index contributed by atoms with van der Waals surface area (Å²) in [7, 11) is 0. The molecule has 0 spiro atoms. The van der Waals surface area contributed by atoms with Gasteiger partial charge in [0.1, 0.15) is 5.82 Å². The van der Waals surface area contributed by atoms with Gasteiger partial charge in [-0.05, 0) is 18.2 Å². The summed E-state index contributed by atoms with van der Waals surface area (Å²) in [5, 5.41) is 13.4. The SMILES string of the molecule is Nc1c2c(cc(=O)n1-c1ccccc1Sc1ccccc1[N+](=O)[O-])C(=O)NC2=O. The number of nitrogens with one attached hydrogen (secondary N) is 1. The van der Waals surface area contributed by atoms with Gasteiger partial charge in [-0.1, -0.05) is 36.0 Å². The number of rotatable bonds is 4. The van der Waals surface area contributed by atoms with Crippen molar-refractivity contribution in [2.75, 3.05) is 5.73 Å². The number of imide groups is 1. The van der Waals surface area contributed by atoms with Gasteiger partial charge in [0.15, 0.2) is 0 Å². The maximum Gasteiger partial charge on any atom is 0.283 e. The molecule has 0 unspecified atom stereocenters. The maximum absolute atomic E-state index is 12.7. The first kappa shape index (κ1) is 18.4. The summed E-state index contributed by atoms with van der Waals surface area (Å²) in [6.45, 7) is 0. The molecule has 0 bridgehead atoms. The van der Waals surface area contributed by atoms with Crippen LogP contribution in [0.25, 0.3) is 5.69 Å². The molecule has 10 heteroatoms. The minimum atomic E-state index is -0.680. The number of amides is 2. The summed E-state index contributed by atoms with van der Waals surface area (Å²) < 4.78 is 1.12. The third-order valence-electron chi connectivity index (χ3n) is 4.34. The predicted molar refractivity (Wildman–Crippen MR) is 105 cm³/mol. The molecule has 2 aromatic carbocycles. The Hall–Kier alpha value is -3.92. The summed E-state index contributed by atoms with van der Waals surface area (Å²) in [5.74, 6) is -1.53. The molecule has 2 heterocycles. The van der Waals surface area contributed by atoms with Gasteiger partial charge in [-0.25, -0.2) is 0 Å². The minimum Gasteiger partial charge on any atom is -0.384 e. The number of anilines is 1. The van der Waals surface area contributed by atoms with Crippen molar-refractivity contribution in [1.82, 2.24) is 9.88 Å². The van der Waals surface area contributed by atoms with Gasteiger partial charge in [-0.15, -0.1) is 0 Å². The zero-order valence-electron chi connectivity index (χ0n) is 14.6. The van der Waals surface area contributed by atoms with Crippen molar-refractivity contribution in [3.63, 3.8) is 0 Å². The van der Waals surface area contributed by atoms with Crippen LogP contribution in [0.15, 0.2) is 69.2 Å². The van der Waals surface area contributed by atoms with Gasteiger partial charge in [0.25, 0.3) is 23.1 Å². The first-order chi connectivity index (χ1) is 13.9. The molecule has 144 valence electrons. The molecular weight excluding hydrogens is 396 g/mol. The number of nitro groups is 1. The molecule has 3 aromatic rings. The van der Waals surface area contributed by atoms with E-state index in [0.717, 1.165) is 22.4 Å². The number of nitro benzene ring substituents is 1. The van der Waals surface area contributed by atoms with Crippen LogP contribution in [0.1, 0.15) is 20.7 Å². The fourth-order valence-electron chi connectivity index (χ4n) is 3.07. The molecule has 0 radical (unpaired) electrons. The van der Waals surface area contributed by atoms with Crippen molar-refractivity contribution in [3.05, 3.63) is 86.2 Å². The van der Waals surface area contributed by atoms with Crippen LogP contribution in [0, 0.1) is 10.1 Å². The molecule has 2 amide bonds. The molecule has 1 aliphatic heterocycles. The van der Waals surface area contributed by atoms with Crippen molar-refractivity contribution < 1.29 is 14.5 Å². The Morgan fingerprint density at radius 3 is 2.34 bits per heavy atom. The summed E-state index contributed by atoms with van der Waals surface area (Å²) in [4.78, 5) is 48.3. The number of nitrogens with zero attached hydrogens (tertiary/aromatic N) is 2. The first-order valence-corrected chi connectivity index (χ1v) is 9.12. The number of carbonyl (C=O) groups is 2. The Bertz CT molecular complexity index is 1270. The predicted octanol–water partition coefficient (Wildman–Crippen LogP) is 2.36. The maximum atomic E-state index is 12.7. The van der Waals surface area contributed by atoms with Gasteiger partial charge in [-0.2, -0.15) is 0 Å². The van der Waals surface area contributed by atoms with E-state index < -0.39 is 22.3 Å². The lowest BCUT2D eigenvalue weighted by molar-refractivity contribution is -0.387. The quantitative estimate of drug-likeness (QED) is 0.384. The van der Waals surface area contributed by atoms with Crippen LogP contribution in [0.3, 0.4) is 0 Å². The van der Waals surface area contributed by atoms with Crippen LogP contribution in [0.2, 0.25) is 0 Å². The molecule has 0 atom stereocenters. The number of pyridine rings is 1. The van der Waals surface area contributed by atoms with E-state index in [2.05, 4.69) is 5.32 Å². The lowest BCUT2D eigenvalue weighted by Gasteiger charge is -2.15. The number of para-hydroxylation sites is 2. The fraction of sp³-hybridized carbons (Fsp3) is 0. The molecule has 1 aliphatic rings. The van der Waals surface area contributed by atoms with Crippen molar-refractivity contribution in [1.29, 1.82) is 0 Å². The lowest BCUT2D eigenvalue weighted by Crippen LogP contribution is -2.24. The van der Waals surface area contributed by atoms with E-state index in [1.165, 1.54) is 6.07 Å². The highest BCUT2D eigenvalue weighted by Crippen LogP contribution is 2.38. The van der Waals surface area contributed by atoms with E-state index in [9.17, 15) is 24.5 Å². The first-order valence-electron chi connectivity index (χ1n) is 8.30. The van der Waals surface area contributed by atoms with E-state index in [1.807, 2.05) is 0 Å². The van der Waals surface area contributed by atoms with Crippen LogP contribution in [-0.2, 0) is 0 Å². The Morgan fingerprint density at radius 2 is 1.62 bits per heavy atom. The molecule has 4 rings (SSSR count). The molecule has 0 saturated carbocycles. The average molecular weight is 408 g/mol. The summed E-state index contributed by atoms with van der Waals surface area (Å²) in [6, 6.07) is 13.9. The topological polar surface area (TPSA) is 137 Å². The van der Waals surface area contributed by atoms with Crippen molar-refractivity contribution >= 4 is 35.1 Å². The van der Waals surface area contributed by atoms with Crippen molar-refractivity contribution in [3.8, 4) is 5.69 Å². The standard InChI is InChI=1S/C19H12N4O5S/c20-17-16-10(18(25)21-19(16)26)9-15(24)22(17)11-5-1-3-7-13(11)29-14-8-4-2-6-12(14)23(27)28/h1-9H,20H2,(H,21,25,26). The average Bonchev–Trinajstić information content (AvgIpc) is 2.97. The minimum absolute atomic E-state index is 0.0694. The zero-order chi connectivity index (χ0) is 20.7. The third kappa shape index (κ3) is 3.05. The number of carbonyl (C=O) groups excluding carboxylic acids is 2. The number of aromatic nitrogens is 1. The summed E-state index contributed by atoms with van der Waals surface area (Å²) in [5.41, 5.74) is 5.62. The number of hydrogen-bond acceptors (Lipinski definition) is 7. The van der Waals surface area contributed by atoms with E-state index in [1.54, 1.807) is 42.5 Å². The Balaban J connectivity index is 1.89. The van der Waals surface area contributed by atoms with E-state index in [-0.39, 0.29) is 22.6 Å². The zero-order valence-corrected chi connectivity index (χ0v) is 15.4. The van der Waals surface area contributed by atoms with Gasteiger partial charge in [0, 0.05) is 17.0 Å². The van der Waals surface area contributed by atoms with Gasteiger partial charge >= 0.3 is 0 Å². The van der Waals surface area contributed by atoms with E-state index >= 15 is 0 Å². The highest BCUT2D eigenvalue weighted by atomic mass is 32.2. The number of hydrogen-bond donors (Lipinski definition) is 2. The lowest BCUT2D eigenvalue weighted by atomic mass is 10.1. The van der Waals surface area contributed by atoms with Gasteiger partial charge < -0.3 is 5.73 Å². The summed E-state index contributed by atoms with van der Waals surface area (Å²) >= 11 is 1.09. The van der Waals surface area contributed by atoms with Gasteiger partial charge in [0.05, 0.1) is 26.6 Å². The number of nitrogens with two attached hydrogens (primary N) is 1. The normalized spacial score (nSPS) is 12.6. The second-order valence-corrected chi connectivity index (χ2v) is 7.15. The van der Waals surface area contributed by atoms with Crippen LogP contribution >= 0.6 is 11.8 Å². The monoisotopic (exact) mass is 408 g/mol. The smallest absolute Gasteiger partial charge is 0.283 e. The highest BCUT2D eigenvalue weighted by molar-refractivity contribution is 7.99. The van der Waals surface area contributed by atoms with E-state index in [0.29, 0.717) is 15.5 Å². The Morgan fingerprint density at radius 1 is 0.966 bits per heavy atom. The van der Waals surface area contributed by atoms with Crippen LogP contribution in [0.4, 0.5) is 11.5 Å². The van der Waals surface area contributed by atoms with Crippen LogP contribution in [0.5, 0.6) is 0 Å². The van der Waals surface area contributed by atoms with Crippen molar-refractivity contribution in [2.24, 2.45) is 0 Å². The second kappa shape index (κ2) is 6.91. The van der Waals surface area contributed by atoms with Gasteiger partial charge in [-0.3, -0.25) is 34.4 Å². The van der Waals surface area contributed by atoms with E-state index in [4.69, 9.17) is 5.73 Å². The molecule has 1 aromatic heterocycles. The van der Waals surface area contributed by atoms with Crippen LogP contribution in [-0.4, -0.2) is 21.3 Å². The molecule has 0 saturated heterocycles. The molecule has 0 fully saturated rings.